The molecule has 88 heavy (non-hydrogen) atoms. The van der Waals surface area contributed by atoms with Crippen molar-refractivity contribution in [3.05, 3.63) is 0 Å². The number of aliphatic hydroxyl groups is 23. The third-order valence-corrected chi connectivity index (χ3v) is 17.0. The molecule has 30 aliphatic heterocycles. The molecule has 0 aromatic heterocycles. The highest BCUT2D eigenvalue weighted by molar-refractivity contribution is 5.03. The second-order valence-electron chi connectivity index (χ2n) is 22.5. The average Bonchev–Trinajstić information content (AvgIpc) is 0.979. The Kier molecular flexibility index (Phi) is 24.1. The molecular formula is C48H81NO39. The molecule has 2 unspecified atom stereocenters. The topological polar surface area (TPSA) is 639 Å². The molecule has 40 nitrogen and oxygen atoms in total. The lowest BCUT2D eigenvalue weighted by Gasteiger charge is -2.50. The van der Waals surface area contributed by atoms with Crippen molar-refractivity contribution in [1.29, 1.82) is 0 Å². The van der Waals surface area contributed by atoms with E-state index < -0.39 is 298 Å². The molecule has 30 aliphatic rings. The van der Waals surface area contributed by atoms with Gasteiger partial charge in [-0.2, -0.15) is 0 Å². The van der Waals surface area contributed by atoms with E-state index in [2.05, 4.69) is 0 Å². The van der Waals surface area contributed by atoms with Gasteiger partial charge < -0.3 is 199 Å². The predicted molar refractivity (Wildman–Crippen MR) is 263 cm³/mol. The largest absolute Gasteiger partial charge is 0.394 e. The van der Waals surface area contributed by atoms with Gasteiger partial charge in [-0.25, -0.2) is 0 Å². The van der Waals surface area contributed by atoms with E-state index in [9.17, 15) is 117 Å². The molecule has 0 radical (unpaired) electrons. The number of hydrogen-bond donors (Lipinski definition) is 24. The summed E-state index contributed by atoms with van der Waals surface area (Å²) in [6.45, 7) is -8.46. The summed E-state index contributed by atoms with van der Waals surface area (Å²) in [5.41, 5.74) is 6.37. The van der Waals surface area contributed by atoms with Gasteiger partial charge in [-0.15, -0.1) is 0 Å². The molecule has 30 rings (SSSR count). The van der Waals surface area contributed by atoms with Gasteiger partial charge in [-0.3, -0.25) is 0 Å². The Morgan fingerprint density at radius 2 is 0.295 bits per heavy atom. The van der Waals surface area contributed by atoms with Crippen LogP contribution in [0.4, 0.5) is 0 Å². The molecule has 0 aliphatic carbocycles. The fraction of sp³-hybridized carbons (Fsp3) is 1.00. The van der Waals surface area contributed by atoms with Crippen LogP contribution in [0.2, 0.25) is 0 Å². The number of aliphatic hydroxyl groups excluding tert-OH is 23. The Morgan fingerprint density at radius 3 is 0.443 bits per heavy atom. The van der Waals surface area contributed by atoms with Crippen molar-refractivity contribution in [3.63, 3.8) is 0 Å². The Labute approximate surface area is 496 Å². The van der Waals surface area contributed by atoms with Crippen LogP contribution in [0.25, 0.3) is 0 Å². The van der Waals surface area contributed by atoms with E-state index in [1.807, 2.05) is 0 Å². The van der Waals surface area contributed by atoms with E-state index in [0.717, 1.165) is 0 Å². The summed E-state index contributed by atoms with van der Waals surface area (Å²) in [7, 11) is 0. The van der Waals surface area contributed by atoms with E-state index in [-0.39, 0.29) is 0 Å². The minimum Gasteiger partial charge on any atom is -0.394 e. The average molecular weight is 1300 g/mol. The molecular weight excluding hydrogens is 1210 g/mol. The fourth-order valence-electron chi connectivity index (χ4n) is 12.0. The van der Waals surface area contributed by atoms with Crippen molar-refractivity contribution in [2.75, 3.05) is 52.9 Å². The maximum absolute atomic E-state index is 11.4. The summed E-state index contributed by atoms with van der Waals surface area (Å²) in [5, 5.41) is 254. The van der Waals surface area contributed by atoms with E-state index in [1.165, 1.54) is 0 Å². The van der Waals surface area contributed by atoms with Gasteiger partial charge in [0.25, 0.3) is 0 Å². The first-order chi connectivity index (χ1) is 41.9. The molecule has 40 heteroatoms. The maximum atomic E-state index is 11.4. The van der Waals surface area contributed by atoms with Gasteiger partial charge in [0.05, 0.1) is 58.9 Å². The van der Waals surface area contributed by atoms with Crippen LogP contribution in [0, 0.1) is 0 Å². The van der Waals surface area contributed by atoms with Gasteiger partial charge >= 0.3 is 0 Å². The second kappa shape index (κ2) is 30.0. The highest BCUT2D eigenvalue weighted by Gasteiger charge is 2.60. The van der Waals surface area contributed by atoms with Crippen LogP contribution in [-0.2, 0) is 75.8 Å². The molecule has 0 spiro atoms. The summed E-state index contributed by atoms with van der Waals surface area (Å²) >= 11 is 0. The molecule has 25 N–H and O–H groups in total. The molecule has 30 saturated heterocycles. The lowest BCUT2D eigenvalue weighted by molar-refractivity contribution is -0.402. The van der Waals surface area contributed by atoms with Crippen molar-refractivity contribution >= 4 is 0 Å². The molecule has 16 bridgehead atoms. The van der Waals surface area contributed by atoms with Crippen LogP contribution in [0.3, 0.4) is 0 Å². The normalized spacial score (nSPS) is 55.4. The van der Waals surface area contributed by atoms with E-state index in [0.29, 0.717) is 0 Å². The van der Waals surface area contributed by atoms with E-state index in [1.54, 1.807) is 0 Å². The van der Waals surface area contributed by atoms with E-state index in [4.69, 9.17) is 81.5 Å². The first-order valence-corrected chi connectivity index (χ1v) is 28.2. The van der Waals surface area contributed by atoms with Gasteiger partial charge in [0, 0.05) is 0 Å². The first-order valence-electron chi connectivity index (χ1n) is 28.2. The quantitative estimate of drug-likeness (QED) is 0.107. The van der Waals surface area contributed by atoms with Gasteiger partial charge in [0.1, 0.15) is 189 Å². The zero-order valence-corrected chi connectivity index (χ0v) is 46.1. The van der Waals surface area contributed by atoms with Gasteiger partial charge in [0.15, 0.2) is 50.3 Å². The Morgan fingerprint density at radius 1 is 0.170 bits per heavy atom. The summed E-state index contributed by atoms with van der Waals surface area (Å²) in [4.78, 5) is 0. The molecule has 0 aromatic rings. The van der Waals surface area contributed by atoms with Gasteiger partial charge in [-0.05, 0) is 0 Å². The molecule has 0 saturated carbocycles. The van der Waals surface area contributed by atoms with Crippen molar-refractivity contribution < 1.29 is 193 Å². The summed E-state index contributed by atoms with van der Waals surface area (Å²) in [6, 6.07) is -1.71. The smallest absolute Gasteiger partial charge is 0.187 e. The first kappa shape index (κ1) is 70.7. The van der Waals surface area contributed by atoms with Crippen LogP contribution in [0.5, 0.6) is 0 Å². The molecule has 0 aromatic carbocycles. The SMILES string of the molecule is N[C@H]1[C@H](O)[C@@H]2OC(CO)[C@H]1O[C@H]1O[C@H](CO)[C@@H](O[C@H]3O[C@H](CO)[C@@H](O[C@H]4O[C@H](CO)[C@@H](O[C@H]5O[C@H](CO)[C@@H](O[C@H]6O[C@H](CO)[C@@H](O[C@H]7O[C@H](CO)[C@@H](O[C@H]8OC(CO)[C@@H](O2)[C@H](O)[C@H]8O)[C@H](O)[C@H]7O)[C@H](O)[C@H]6O)[C@@H](O)[C@@H]5O)[C@H](O)[C@H]4O)[C@H](O)[C@H]3O)[C@H](O)[C@H]1O. The monoisotopic (exact) mass is 1300 g/mol. The van der Waals surface area contributed by atoms with Crippen LogP contribution in [-0.4, -0.2) is 416 Å². The third-order valence-electron chi connectivity index (χ3n) is 17.0. The summed E-state index contributed by atoms with van der Waals surface area (Å²) < 4.78 is 91.6. The highest BCUT2D eigenvalue weighted by Crippen LogP contribution is 2.39. The minimum absolute atomic E-state index is 1.00. The zero-order valence-electron chi connectivity index (χ0n) is 46.1. The van der Waals surface area contributed by atoms with E-state index >= 15 is 0 Å². The van der Waals surface area contributed by atoms with Crippen molar-refractivity contribution in [3.8, 4) is 0 Å². The zero-order chi connectivity index (χ0) is 64.1. The molecule has 30 heterocycles. The van der Waals surface area contributed by atoms with Gasteiger partial charge in [-0.1, -0.05) is 0 Å². The number of rotatable bonds is 8. The number of nitrogens with two attached hydrogens (primary N) is 1. The maximum Gasteiger partial charge on any atom is 0.187 e. The summed E-state index contributed by atoms with van der Waals surface area (Å²) in [5.74, 6) is 0. The van der Waals surface area contributed by atoms with Crippen molar-refractivity contribution in [2.45, 2.75) is 246 Å². The van der Waals surface area contributed by atoms with Crippen molar-refractivity contribution in [2.24, 2.45) is 5.73 Å². The Balaban J connectivity index is 0.975. The summed E-state index contributed by atoms with van der Waals surface area (Å²) in [6.07, 6.45) is -78.4. The minimum atomic E-state index is -2.24. The number of ether oxygens (including phenoxy) is 16. The standard InChI is InChI=1S/C48H81NO39/c49-17-18(58)41-73-9(1-50)33(17)81-42-26(66)19(59)35(11(3-52)74-42)83-44-28(68)21(61)37(13(5-54)76-44)85-46-30(70)23(63)39(15(7-56)78-46)87-48-32(72)25(65)40(16(8-57)80-48)88-47-31(71)24(64)38(14(6-55)79-47)86-45-29(69)22(62)36(12(4-53)77-45)84-43-27(67)20(60)34(82-41)10(2-51)75-43/h9-48,50-72H,1-8,49H2/t9?,10?,11-,12-,13-,14-,15-,16-,17+,18+,19-,20-,21-,22-,23-,24-,25+,26-,27-,28-,29-,30-,31-,32+,33-,34-,35-,36-,37-,38-,39-,40-,41-,42-,43-,44-,45-,46-,47-,48-/m1/s1. The Hall–Kier alpha value is -1.60. The van der Waals surface area contributed by atoms with Crippen LogP contribution < -0.4 is 5.73 Å². The molecule has 40 atom stereocenters. The second-order valence-corrected chi connectivity index (χ2v) is 22.5. The number of hydrogen-bond acceptors (Lipinski definition) is 40. The van der Waals surface area contributed by atoms with Gasteiger partial charge in [0.2, 0.25) is 0 Å². The lowest BCUT2D eigenvalue weighted by atomic mass is 9.94. The predicted octanol–water partition coefficient (Wildman–Crippen LogP) is -17.4. The highest BCUT2D eigenvalue weighted by atomic mass is 16.8. The molecule has 512 valence electrons. The molecule has 0 amide bonds. The van der Waals surface area contributed by atoms with Crippen LogP contribution >= 0.6 is 0 Å². The third kappa shape index (κ3) is 13.8. The van der Waals surface area contributed by atoms with Crippen LogP contribution in [0.15, 0.2) is 0 Å². The molecule has 30 fully saturated rings. The van der Waals surface area contributed by atoms with Crippen molar-refractivity contribution in [1.82, 2.24) is 0 Å². The lowest BCUT2D eigenvalue weighted by Crippen LogP contribution is -2.69. The Bertz CT molecular complexity index is 1710. The fourth-order valence-corrected chi connectivity index (χ4v) is 12.0. The van der Waals surface area contributed by atoms with Crippen LogP contribution in [0.1, 0.15) is 0 Å².